The zero-order valence-corrected chi connectivity index (χ0v) is 19.8. The summed E-state index contributed by atoms with van der Waals surface area (Å²) in [5.74, 6) is 2.47. The van der Waals surface area contributed by atoms with Crippen LogP contribution >= 0.6 is 11.3 Å². The quantitative estimate of drug-likeness (QED) is 0.451. The predicted octanol–water partition coefficient (Wildman–Crippen LogP) is 5.34. The first-order valence-electron chi connectivity index (χ1n) is 10.8. The van der Waals surface area contributed by atoms with Gasteiger partial charge in [0.25, 0.3) is 0 Å². The molecule has 1 saturated carbocycles. The molecule has 0 amide bonds. The van der Waals surface area contributed by atoms with Crippen LogP contribution in [-0.4, -0.2) is 37.8 Å². The summed E-state index contributed by atoms with van der Waals surface area (Å²) in [4.78, 5) is 5.94. The zero-order chi connectivity index (χ0) is 22.5. The number of methoxy groups -OCH3 is 3. The molecule has 0 saturated heterocycles. The zero-order valence-electron chi connectivity index (χ0n) is 19.0. The highest BCUT2D eigenvalue weighted by Crippen LogP contribution is 2.41. The van der Waals surface area contributed by atoms with Gasteiger partial charge in [-0.2, -0.15) is 5.10 Å². The summed E-state index contributed by atoms with van der Waals surface area (Å²) in [7, 11) is 4.83. The van der Waals surface area contributed by atoms with Crippen LogP contribution in [0.5, 0.6) is 17.2 Å². The van der Waals surface area contributed by atoms with E-state index in [1.165, 1.54) is 19.3 Å². The molecule has 3 aromatic rings. The number of aromatic nitrogens is 1. The molecule has 2 heterocycles. The molecule has 0 bridgehead atoms. The molecular formula is C24H29N3O4S. The van der Waals surface area contributed by atoms with Crippen LogP contribution in [0.4, 0.5) is 0 Å². The van der Waals surface area contributed by atoms with Crippen LogP contribution in [0.15, 0.2) is 50.4 Å². The van der Waals surface area contributed by atoms with Gasteiger partial charge in [0.1, 0.15) is 11.5 Å². The maximum absolute atomic E-state index is 5.56. The average molecular weight is 456 g/mol. The molecule has 0 spiro atoms. The number of thiazole rings is 1. The molecule has 7 nitrogen and oxygen atoms in total. The minimum absolute atomic E-state index is 0.334. The Balaban J connectivity index is 1.87. The molecule has 0 radical (unpaired) electrons. The lowest BCUT2D eigenvalue weighted by Gasteiger charge is -2.17. The van der Waals surface area contributed by atoms with Gasteiger partial charge in [-0.15, -0.1) is 11.3 Å². The van der Waals surface area contributed by atoms with E-state index in [1.807, 2.05) is 35.9 Å². The Hall–Kier alpha value is -3.00. The van der Waals surface area contributed by atoms with Gasteiger partial charge in [0.2, 0.25) is 10.6 Å². The van der Waals surface area contributed by atoms with Crippen molar-refractivity contribution in [2.75, 3.05) is 21.3 Å². The number of hydrogen-bond acceptors (Lipinski definition) is 7. The summed E-state index contributed by atoms with van der Waals surface area (Å²) in [6, 6.07) is 7.97. The molecule has 0 atom stereocenters. The summed E-state index contributed by atoms with van der Waals surface area (Å²) in [6.45, 7) is 1.94. The van der Waals surface area contributed by atoms with E-state index in [-0.39, 0.29) is 0 Å². The van der Waals surface area contributed by atoms with Gasteiger partial charge in [-0.3, -0.25) is 4.99 Å². The fourth-order valence-electron chi connectivity index (χ4n) is 3.96. The summed E-state index contributed by atoms with van der Waals surface area (Å²) in [5.41, 5.74) is 2.57. The molecule has 1 aliphatic rings. The molecule has 1 aliphatic carbocycles. The summed E-state index contributed by atoms with van der Waals surface area (Å²) in [6.07, 6.45) is 7.65. The first kappa shape index (κ1) is 22.2. The van der Waals surface area contributed by atoms with E-state index in [0.717, 1.165) is 40.4 Å². The van der Waals surface area contributed by atoms with Crippen LogP contribution in [0, 0.1) is 0 Å². The van der Waals surface area contributed by atoms with E-state index in [4.69, 9.17) is 28.7 Å². The normalized spacial score (nSPS) is 15.8. The third-order valence-corrected chi connectivity index (χ3v) is 6.47. The number of benzene rings is 1. The second-order valence-electron chi connectivity index (χ2n) is 7.71. The lowest BCUT2D eigenvalue weighted by atomic mass is 9.96. The van der Waals surface area contributed by atoms with E-state index in [0.29, 0.717) is 23.3 Å². The molecular weight excluding hydrogens is 426 g/mol. The van der Waals surface area contributed by atoms with Gasteiger partial charge < -0.3 is 18.6 Å². The van der Waals surface area contributed by atoms with Crippen LogP contribution in [0.2, 0.25) is 0 Å². The second-order valence-corrected chi connectivity index (χ2v) is 8.55. The fraction of sp³-hybridized carbons (Fsp3) is 0.417. The average Bonchev–Trinajstić information content (AvgIpc) is 3.50. The number of ether oxygens (including phenoxy) is 3. The first-order chi connectivity index (χ1) is 15.6. The van der Waals surface area contributed by atoms with E-state index in [1.54, 1.807) is 38.9 Å². The van der Waals surface area contributed by atoms with Crippen molar-refractivity contribution in [3.05, 3.63) is 46.5 Å². The van der Waals surface area contributed by atoms with Crippen molar-refractivity contribution >= 4 is 17.0 Å². The Morgan fingerprint density at radius 2 is 1.78 bits per heavy atom. The van der Waals surface area contributed by atoms with Crippen LogP contribution < -0.4 is 19.0 Å². The van der Waals surface area contributed by atoms with Crippen LogP contribution in [-0.2, 0) is 0 Å². The largest absolute Gasteiger partial charge is 0.493 e. The molecule has 1 aromatic carbocycles. The van der Waals surface area contributed by atoms with Gasteiger partial charge in [-0.25, -0.2) is 4.68 Å². The Kier molecular flexibility index (Phi) is 6.99. The van der Waals surface area contributed by atoms with Gasteiger partial charge in [-0.05, 0) is 44.0 Å². The van der Waals surface area contributed by atoms with Crippen molar-refractivity contribution in [3.8, 4) is 28.5 Å². The number of nitrogens with zero attached hydrogens (tertiary/aromatic N) is 3. The van der Waals surface area contributed by atoms with Gasteiger partial charge in [0.05, 0.1) is 39.3 Å². The Labute approximate surface area is 192 Å². The van der Waals surface area contributed by atoms with Gasteiger partial charge in [0.15, 0.2) is 11.5 Å². The van der Waals surface area contributed by atoms with Gasteiger partial charge in [-0.1, -0.05) is 19.3 Å². The van der Waals surface area contributed by atoms with Crippen molar-refractivity contribution in [1.82, 2.24) is 4.68 Å². The minimum atomic E-state index is 0.334. The number of furan rings is 1. The lowest BCUT2D eigenvalue weighted by Crippen LogP contribution is -2.19. The monoisotopic (exact) mass is 455 g/mol. The van der Waals surface area contributed by atoms with Crippen LogP contribution in [0.25, 0.3) is 11.3 Å². The van der Waals surface area contributed by atoms with E-state index in [2.05, 4.69) is 5.38 Å². The maximum atomic E-state index is 5.56. The van der Waals surface area contributed by atoms with Crippen molar-refractivity contribution < 1.29 is 18.6 Å². The summed E-state index contributed by atoms with van der Waals surface area (Å²) >= 11 is 1.59. The molecule has 2 aromatic heterocycles. The highest BCUT2D eigenvalue weighted by Gasteiger charge is 2.18. The Bertz CT molecular complexity index is 1110. The Morgan fingerprint density at radius 1 is 1.06 bits per heavy atom. The molecule has 170 valence electrons. The van der Waals surface area contributed by atoms with Gasteiger partial charge in [0, 0.05) is 10.9 Å². The van der Waals surface area contributed by atoms with E-state index < -0.39 is 0 Å². The van der Waals surface area contributed by atoms with Crippen LogP contribution in [0.3, 0.4) is 0 Å². The van der Waals surface area contributed by atoms with Gasteiger partial charge >= 0.3 is 0 Å². The SMILES string of the molecule is COc1cc(-c2csc(=NC3CCCCC3)n2N=C(C)c2ccco2)cc(OC)c1OC. The standard InChI is InChI=1S/C24H29N3O4S/c1-16(20-11-8-12-31-20)26-27-19(15-32-24(27)25-18-9-6-5-7-10-18)17-13-21(28-2)23(30-4)22(14-17)29-3/h8,11-15,18H,5-7,9-10H2,1-4H3. The smallest absolute Gasteiger partial charge is 0.206 e. The minimum Gasteiger partial charge on any atom is -0.493 e. The lowest BCUT2D eigenvalue weighted by molar-refractivity contribution is 0.324. The third kappa shape index (κ3) is 4.60. The molecule has 8 heteroatoms. The second kappa shape index (κ2) is 10.1. The molecule has 0 unspecified atom stereocenters. The maximum Gasteiger partial charge on any atom is 0.206 e. The van der Waals surface area contributed by atoms with Crippen molar-refractivity contribution in [1.29, 1.82) is 0 Å². The highest BCUT2D eigenvalue weighted by atomic mass is 32.1. The topological polar surface area (TPSA) is 70.5 Å². The first-order valence-corrected chi connectivity index (χ1v) is 11.7. The Morgan fingerprint density at radius 3 is 2.38 bits per heavy atom. The molecule has 0 N–H and O–H groups in total. The van der Waals surface area contributed by atoms with Crippen molar-refractivity contribution in [3.63, 3.8) is 0 Å². The van der Waals surface area contributed by atoms with E-state index in [9.17, 15) is 0 Å². The number of rotatable bonds is 7. The highest BCUT2D eigenvalue weighted by molar-refractivity contribution is 7.07. The predicted molar refractivity (Wildman–Crippen MR) is 126 cm³/mol. The molecule has 32 heavy (non-hydrogen) atoms. The molecule has 4 rings (SSSR count). The number of hydrogen-bond donors (Lipinski definition) is 0. The summed E-state index contributed by atoms with van der Waals surface area (Å²) < 4.78 is 24.1. The van der Waals surface area contributed by atoms with Crippen LogP contribution in [0.1, 0.15) is 44.8 Å². The van der Waals surface area contributed by atoms with Crippen molar-refractivity contribution in [2.24, 2.45) is 10.1 Å². The molecule has 0 aliphatic heterocycles. The summed E-state index contributed by atoms with van der Waals surface area (Å²) in [5, 5.41) is 6.97. The van der Waals surface area contributed by atoms with Crippen molar-refractivity contribution in [2.45, 2.75) is 45.1 Å². The molecule has 1 fully saturated rings. The van der Waals surface area contributed by atoms with E-state index >= 15 is 0 Å². The fourth-order valence-corrected chi connectivity index (χ4v) is 4.86. The third-order valence-electron chi connectivity index (χ3n) is 5.64.